The Morgan fingerprint density at radius 3 is 0.591 bits per heavy atom. The summed E-state index contributed by atoms with van der Waals surface area (Å²) in [7, 11) is 0. The van der Waals surface area contributed by atoms with Gasteiger partial charge in [0.1, 0.15) is 0 Å². The van der Waals surface area contributed by atoms with Crippen molar-refractivity contribution in [2.24, 2.45) is 0 Å². The van der Waals surface area contributed by atoms with Crippen LogP contribution in [0.25, 0.3) is 0 Å². The summed E-state index contributed by atoms with van der Waals surface area (Å²) in [5, 5.41) is 32.6. The first-order chi connectivity index (χ1) is 6.93. The van der Waals surface area contributed by atoms with E-state index in [-0.39, 0.29) is 81.0 Å². The van der Waals surface area contributed by atoms with E-state index in [0.29, 0.717) is 0 Å². The van der Waals surface area contributed by atoms with Gasteiger partial charge in [-0.05, 0) is 13.8 Å². The van der Waals surface area contributed by atoms with Crippen LogP contribution in [0.2, 0.25) is 0 Å². The smallest absolute Gasteiger partial charge is 0.550 e. The molecule has 0 aliphatic rings. The van der Waals surface area contributed by atoms with Gasteiger partial charge in [0.25, 0.3) is 11.9 Å². The standard InChI is InChI=1S/4C2H4O2.2Na.4H2O/c4*1-2(3)4;;;;;;/h4*1H3,(H,3,4);;;4*1H2/q;;;;2*+1;;;;/p-2. The van der Waals surface area contributed by atoms with Gasteiger partial charge in [0, 0.05) is 25.8 Å². The molecule has 0 bridgehead atoms. The van der Waals surface area contributed by atoms with Gasteiger partial charge in [-0.3, -0.25) is 9.59 Å². The van der Waals surface area contributed by atoms with Gasteiger partial charge in [-0.15, -0.1) is 0 Å². The number of hydrogen-bond donors (Lipinski definition) is 2. The minimum atomic E-state index is -1.08. The van der Waals surface area contributed by atoms with Gasteiger partial charge in [0.2, 0.25) is 0 Å². The quantitative estimate of drug-likeness (QED) is 0.391. The van der Waals surface area contributed by atoms with Crippen LogP contribution in [0.3, 0.4) is 0 Å². The van der Waals surface area contributed by atoms with Gasteiger partial charge in [-0.25, -0.2) is 0 Å². The van der Waals surface area contributed by atoms with Gasteiger partial charge in [-0.1, -0.05) is 0 Å². The third-order valence-corrected chi connectivity index (χ3v) is 0. The number of aliphatic carboxylic acids is 4. The average Bonchev–Trinajstić information content (AvgIpc) is 1.76. The molecule has 22 heavy (non-hydrogen) atoms. The summed E-state index contributed by atoms with van der Waals surface area (Å²) in [6.07, 6.45) is 0. The number of carboxylic acids is 4. The molecule has 14 heteroatoms. The third kappa shape index (κ3) is 88100. The molecule has 0 heterocycles. The molecule has 0 saturated carbocycles. The largest absolute Gasteiger partial charge is 1.00 e. The molecule has 0 saturated heterocycles. The van der Waals surface area contributed by atoms with E-state index < -0.39 is 23.9 Å². The second-order valence-electron chi connectivity index (χ2n) is 2.02. The first-order valence-electron chi connectivity index (χ1n) is 3.67. The maximum absolute atomic E-state index is 9.00. The molecule has 0 radical (unpaired) electrons. The van der Waals surface area contributed by atoms with Crippen molar-refractivity contribution in [3.8, 4) is 0 Å². The Labute approximate surface area is 171 Å². The molecule has 10 N–H and O–H groups in total. The Morgan fingerprint density at radius 2 is 0.591 bits per heavy atom. The van der Waals surface area contributed by atoms with E-state index in [1.54, 1.807) is 0 Å². The van der Waals surface area contributed by atoms with Crippen LogP contribution >= 0.6 is 0 Å². The first-order valence-corrected chi connectivity index (χ1v) is 3.67. The maximum atomic E-state index is 9.00. The predicted octanol–water partition coefficient (Wildman–Crippen LogP) is -11.6. The summed E-state index contributed by atoms with van der Waals surface area (Å²) in [5.41, 5.74) is 0. The Hall–Kier alpha value is -0.280. The molecule has 0 unspecified atom stereocenters. The minimum Gasteiger partial charge on any atom is -0.550 e. The molecule has 128 valence electrons. The summed E-state index contributed by atoms with van der Waals surface area (Å²) in [6.45, 7) is 4.11. The van der Waals surface area contributed by atoms with Crippen molar-refractivity contribution in [2.45, 2.75) is 27.7 Å². The van der Waals surface area contributed by atoms with Gasteiger partial charge in [0.15, 0.2) is 0 Å². The van der Waals surface area contributed by atoms with E-state index in [1.807, 2.05) is 0 Å². The van der Waals surface area contributed by atoms with Crippen LogP contribution in [0.1, 0.15) is 27.7 Å². The number of rotatable bonds is 0. The van der Waals surface area contributed by atoms with Gasteiger partial charge in [0.05, 0.1) is 0 Å². The number of hydrogen-bond acceptors (Lipinski definition) is 6. The number of carbonyl (C=O) groups is 4. The van der Waals surface area contributed by atoms with Gasteiger partial charge >= 0.3 is 59.1 Å². The summed E-state index contributed by atoms with van der Waals surface area (Å²) in [4.78, 5) is 35.8. The summed E-state index contributed by atoms with van der Waals surface area (Å²) in [6, 6.07) is 0. The van der Waals surface area contributed by atoms with Crippen molar-refractivity contribution in [1.29, 1.82) is 0 Å². The Morgan fingerprint density at radius 1 is 0.591 bits per heavy atom. The molecule has 0 fully saturated rings. The fourth-order valence-corrected chi connectivity index (χ4v) is 0. The van der Waals surface area contributed by atoms with Crippen LogP contribution in [0, 0.1) is 0 Å². The monoisotopic (exact) mass is 356 g/mol. The zero-order chi connectivity index (χ0) is 14.3. The van der Waals surface area contributed by atoms with E-state index in [2.05, 4.69) is 0 Å². The Bertz CT molecular complexity index is 169. The summed E-state index contributed by atoms with van der Waals surface area (Å²) >= 11 is 0. The van der Waals surface area contributed by atoms with Crippen LogP contribution in [0.5, 0.6) is 0 Å². The van der Waals surface area contributed by atoms with Gasteiger partial charge in [-0.2, -0.15) is 0 Å². The summed E-state index contributed by atoms with van der Waals surface area (Å²) in [5.74, 6) is -3.83. The molecule has 0 atom stereocenters. The molecule has 0 rings (SSSR count). The number of carbonyl (C=O) groups excluding carboxylic acids is 2. The molecule has 0 aromatic carbocycles. The fraction of sp³-hybridized carbons (Fsp3) is 0.500. The molecule has 12 nitrogen and oxygen atoms in total. The zero-order valence-corrected chi connectivity index (χ0v) is 17.3. The summed E-state index contributed by atoms with van der Waals surface area (Å²) < 4.78 is 0. The van der Waals surface area contributed by atoms with E-state index in [1.165, 1.54) is 0 Å². The van der Waals surface area contributed by atoms with Crippen molar-refractivity contribution >= 4 is 23.9 Å². The topological polar surface area (TPSA) is 281 Å². The Kier molecular flexibility index (Phi) is 181. The van der Waals surface area contributed by atoms with Crippen LogP contribution in [-0.2, 0) is 19.2 Å². The second kappa shape index (κ2) is 58.7. The van der Waals surface area contributed by atoms with Crippen molar-refractivity contribution in [3.05, 3.63) is 0 Å². The predicted molar refractivity (Wildman–Crippen MR) is 62.4 cm³/mol. The average molecular weight is 356 g/mol. The van der Waals surface area contributed by atoms with E-state index in [4.69, 9.17) is 39.6 Å². The van der Waals surface area contributed by atoms with Crippen LogP contribution in [0.4, 0.5) is 0 Å². The molecular formula is C8H22Na2O12. The normalized spacial score (nSPS) is 4.55. The van der Waals surface area contributed by atoms with Crippen LogP contribution in [0.15, 0.2) is 0 Å². The van der Waals surface area contributed by atoms with Crippen molar-refractivity contribution in [3.63, 3.8) is 0 Å². The minimum absolute atomic E-state index is 0. The zero-order valence-electron chi connectivity index (χ0n) is 13.3. The Balaban J connectivity index is -0.00000001000. The van der Waals surface area contributed by atoms with Crippen molar-refractivity contribution in [2.75, 3.05) is 0 Å². The third-order valence-electron chi connectivity index (χ3n) is 0. The molecule has 0 amide bonds. The fourth-order valence-electron chi connectivity index (χ4n) is 0. The van der Waals surface area contributed by atoms with E-state index in [0.717, 1.165) is 27.7 Å². The SMILES string of the molecule is CC(=O)O.CC(=O)O.CC(=O)[O-].CC(=O)[O-].O.O.O.O.[Na+].[Na+]. The number of carboxylic acid groups (broad SMARTS) is 4. The maximum Gasteiger partial charge on any atom is 1.00 e. The van der Waals surface area contributed by atoms with Crippen LogP contribution < -0.4 is 69.3 Å². The molecule has 0 aromatic heterocycles. The van der Waals surface area contributed by atoms with E-state index >= 15 is 0 Å². The molecular weight excluding hydrogens is 334 g/mol. The van der Waals surface area contributed by atoms with Gasteiger partial charge < -0.3 is 51.9 Å². The first kappa shape index (κ1) is 67.9. The molecule has 0 aromatic rings. The van der Waals surface area contributed by atoms with Crippen molar-refractivity contribution in [1.82, 2.24) is 0 Å². The second-order valence-corrected chi connectivity index (χ2v) is 2.02. The van der Waals surface area contributed by atoms with E-state index in [9.17, 15) is 0 Å². The molecule has 0 aliphatic heterocycles. The molecule has 0 spiro atoms. The van der Waals surface area contributed by atoms with Crippen LogP contribution in [-0.4, -0.2) is 56.0 Å². The molecule has 0 aliphatic carbocycles. The van der Waals surface area contributed by atoms with Crippen molar-refractivity contribution < 1.29 is 121 Å².